The molecule has 1 amide bonds. The van der Waals surface area contributed by atoms with Crippen LogP contribution in [0.1, 0.15) is 16.1 Å². The number of carboxylic acid groups (broad SMARTS) is 1. The van der Waals surface area contributed by atoms with E-state index in [0.29, 0.717) is 43.3 Å². The monoisotopic (exact) mass is 380 g/mol. The predicted molar refractivity (Wildman–Crippen MR) is 92.5 cm³/mol. The van der Waals surface area contributed by atoms with Crippen molar-refractivity contribution in [1.82, 2.24) is 19.6 Å². The number of hydrogen-bond acceptors (Lipinski definition) is 4. The molecule has 0 spiro atoms. The molecule has 0 bridgehead atoms. The van der Waals surface area contributed by atoms with Gasteiger partial charge in [0.05, 0.1) is 0 Å². The van der Waals surface area contributed by atoms with Crippen LogP contribution in [0.3, 0.4) is 0 Å². The van der Waals surface area contributed by atoms with Crippen molar-refractivity contribution in [3.63, 3.8) is 0 Å². The Bertz CT molecular complexity index is 798. The van der Waals surface area contributed by atoms with Crippen LogP contribution in [0.5, 0.6) is 0 Å². The normalized spacial score (nSPS) is 15.2. The van der Waals surface area contributed by atoms with Crippen molar-refractivity contribution >= 4 is 23.5 Å². The summed E-state index contributed by atoms with van der Waals surface area (Å²) >= 11 is 6.06. The quantitative estimate of drug-likeness (QED) is 0.854. The van der Waals surface area contributed by atoms with Gasteiger partial charge in [-0.1, -0.05) is 17.7 Å². The highest BCUT2D eigenvalue weighted by atomic mass is 35.5. The molecule has 1 saturated heterocycles. The first-order chi connectivity index (χ1) is 12.5. The topological polar surface area (TPSA) is 78.7 Å². The van der Waals surface area contributed by atoms with Crippen molar-refractivity contribution in [3.05, 3.63) is 52.6 Å². The zero-order valence-corrected chi connectivity index (χ0v) is 14.7. The first-order valence-corrected chi connectivity index (χ1v) is 8.51. The molecule has 1 aliphatic heterocycles. The molecular formula is C17H18ClFN4O3. The predicted octanol–water partition coefficient (Wildman–Crippen LogP) is 1.72. The number of aromatic carboxylic acids is 1. The third kappa shape index (κ3) is 4.03. The fraction of sp³-hybridized carbons (Fsp3) is 0.353. The van der Waals surface area contributed by atoms with Gasteiger partial charge in [0, 0.05) is 49.5 Å². The van der Waals surface area contributed by atoms with Crippen LogP contribution in [0.15, 0.2) is 30.5 Å². The second-order valence-electron chi connectivity index (χ2n) is 6.04. The Kier molecular flexibility index (Phi) is 5.53. The third-order valence-electron chi connectivity index (χ3n) is 4.39. The van der Waals surface area contributed by atoms with Crippen molar-refractivity contribution in [2.75, 3.05) is 26.2 Å². The van der Waals surface area contributed by atoms with Crippen molar-refractivity contribution in [2.45, 2.75) is 13.1 Å². The van der Waals surface area contributed by atoms with E-state index >= 15 is 0 Å². The molecule has 0 radical (unpaired) electrons. The lowest BCUT2D eigenvalue weighted by molar-refractivity contribution is -0.133. The number of rotatable bonds is 5. The lowest BCUT2D eigenvalue weighted by Crippen LogP contribution is -2.49. The van der Waals surface area contributed by atoms with Crippen molar-refractivity contribution in [1.29, 1.82) is 0 Å². The molecule has 1 fully saturated rings. The van der Waals surface area contributed by atoms with E-state index in [9.17, 15) is 14.0 Å². The molecule has 0 unspecified atom stereocenters. The number of piperazine rings is 1. The largest absolute Gasteiger partial charge is 0.477 e. The van der Waals surface area contributed by atoms with Crippen LogP contribution in [0.25, 0.3) is 0 Å². The van der Waals surface area contributed by atoms with E-state index in [1.165, 1.54) is 23.0 Å². The second kappa shape index (κ2) is 7.84. The Morgan fingerprint density at radius 1 is 1.19 bits per heavy atom. The summed E-state index contributed by atoms with van der Waals surface area (Å²) in [5.74, 6) is -1.66. The SMILES string of the molecule is O=C(O)c1ccnn1CC(=O)N1CCN(Cc2c(F)cccc2Cl)CC1. The number of carbonyl (C=O) groups excluding carboxylic acids is 1. The van der Waals surface area contributed by atoms with E-state index in [1.54, 1.807) is 17.0 Å². The van der Waals surface area contributed by atoms with Crippen LogP contribution in [0, 0.1) is 5.82 Å². The molecule has 0 atom stereocenters. The standard InChI is InChI=1S/C17H18ClFN4O3/c18-13-2-1-3-14(19)12(13)10-21-6-8-22(9-7-21)16(24)11-23-15(17(25)26)4-5-20-23/h1-5H,6-11H2,(H,25,26). The molecule has 7 nitrogen and oxygen atoms in total. The minimum Gasteiger partial charge on any atom is -0.477 e. The molecule has 1 aliphatic rings. The number of carbonyl (C=O) groups is 2. The molecule has 3 rings (SSSR count). The number of hydrogen-bond donors (Lipinski definition) is 1. The molecule has 138 valence electrons. The fourth-order valence-electron chi connectivity index (χ4n) is 2.93. The lowest BCUT2D eigenvalue weighted by atomic mass is 10.2. The smallest absolute Gasteiger partial charge is 0.354 e. The van der Waals surface area contributed by atoms with Crippen LogP contribution in [-0.4, -0.2) is 62.7 Å². The van der Waals surface area contributed by atoms with Gasteiger partial charge < -0.3 is 10.0 Å². The molecule has 0 saturated carbocycles. The average Bonchev–Trinajstić information content (AvgIpc) is 3.07. The molecule has 2 heterocycles. The van der Waals surface area contributed by atoms with Crippen LogP contribution < -0.4 is 0 Å². The van der Waals surface area contributed by atoms with Gasteiger partial charge in [-0.2, -0.15) is 5.10 Å². The van der Waals surface area contributed by atoms with Crippen LogP contribution in [-0.2, 0) is 17.9 Å². The fourth-order valence-corrected chi connectivity index (χ4v) is 3.15. The molecule has 2 aromatic rings. The molecule has 0 aliphatic carbocycles. The Hall–Kier alpha value is -2.45. The van der Waals surface area contributed by atoms with Gasteiger partial charge in [-0.25, -0.2) is 13.9 Å². The first kappa shape index (κ1) is 18.3. The van der Waals surface area contributed by atoms with E-state index in [1.807, 2.05) is 4.90 Å². The number of amides is 1. The van der Waals surface area contributed by atoms with Crippen LogP contribution >= 0.6 is 11.6 Å². The van der Waals surface area contributed by atoms with Gasteiger partial charge >= 0.3 is 5.97 Å². The zero-order valence-electron chi connectivity index (χ0n) is 13.9. The van der Waals surface area contributed by atoms with Gasteiger partial charge in [0.15, 0.2) is 0 Å². The minimum atomic E-state index is -1.12. The van der Waals surface area contributed by atoms with Crippen LogP contribution in [0.4, 0.5) is 4.39 Å². The molecule has 1 N–H and O–H groups in total. The maximum absolute atomic E-state index is 13.9. The van der Waals surface area contributed by atoms with Gasteiger partial charge in [-0.05, 0) is 18.2 Å². The molecule has 26 heavy (non-hydrogen) atoms. The summed E-state index contributed by atoms with van der Waals surface area (Å²) < 4.78 is 15.1. The summed E-state index contributed by atoms with van der Waals surface area (Å²) in [6, 6.07) is 5.96. The van der Waals surface area contributed by atoms with Crippen molar-refractivity contribution in [2.24, 2.45) is 0 Å². The highest BCUT2D eigenvalue weighted by Crippen LogP contribution is 2.21. The van der Waals surface area contributed by atoms with Crippen LogP contribution in [0.2, 0.25) is 5.02 Å². The van der Waals surface area contributed by atoms with E-state index in [4.69, 9.17) is 16.7 Å². The summed E-state index contributed by atoms with van der Waals surface area (Å²) in [7, 11) is 0. The minimum absolute atomic E-state index is 0.0221. The Morgan fingerprint density at radius 2 is 1.92 bits per heavy atom. The van der Waals surface area contributed by atoms with Gasteiger partial charge in [0.25, 0.3) is 0 Å². The van der Waals surface area contributed by atoms with Gasteiger partial charge in [-0.3, -0.25) is 9.69 Å². The average molecular weight is 381 g/mol. The summed E-state index contributed by atoms with van der Waals surface area (Å²) in [6.07, 6.45) is 1.35. The molecular weight excluding hydrogens is 363 g/mol. The molecule has 1 aromatic carbocycles. The van der Waals surface area contributed by atoms with E-state index in [2.05, 4.69) is 5.10 Å². The second-order valence-corrected chi connectivity index (χ2v) is 6.44. The maximum atomic E-state index is 13.9. The van der Waals surface area contributed by atoms with E-state index in [-0.39, 0.29) is 24.0 Å². The van der Waals surface area contributed by atoms with Crippen molar-refractivity contribution < 1.29 is 19.1 Å². The Balaban J connectivity index is 1.56. The Morgan fingerprint density at radius 3 is 2.58 bits per heavy atom. The molecule has 9 heteroatoms. The Labute approximate surface area is 154 Å². The van der Waals surface area contributed by atoms with E-state index in [0.717, 1.165) is 0 Å². The first-order valence-electron chi connectivity index (χ1n) is 8.14. The number of carboxylic acids is 1. The number of benzene rings is 1. The third-order valence-corrected chi connectivity index (χ3v) is 4.74. The van der Waals surface area contributed by atoms with Crippen molar-refractivity contribution in [3.8, 4) is 0 Å². The number of halogens is 2. The highest BCUT2D eigenvalue weighted by molar-refractivity contribution is 6.31. The summed E-state index contributed by atoms with van der Waals surface area (Å²) in [5.41, 5.74) is 0.433. The molecule has 1 aromatic heterocycles. The number of nitrogens with zero attached hydrogens (tertiary/aromatic N) is 4. The van der Waals surface area contributed by atoms with Gasteiger partial charge in [0.1, 0.15) is 18.1 Å². The summed E-state index contributed by atoms with van der Waals surface area (Å²) in [6.45, 7) is 2.40. The van der Waals surface area contributed by atoms with E-state index < -0.39 is 5.97 Å². The van der Waals surface area contributed by atoms with Gasteiger partial charge in [-0.15, -0.1) is 0 Å². The lowest BCUT2D eigenvalue weighted by Gasteiger charge is -2.35. The highest BCUT2D eigenvalue weighted by Gasteiger charge is 2.24. The summed E-state index contributed by atoms with van der Waals surface area (Å²) in [4.78, 5) is 27.2. The maximum Gasteiger partial charge on any atom is 0.354 e. The number of aromatic nitrogens is 2. The van der Waals surface area contributed by atoms with Gasteiger partial charge in [0.2, 0.25) is 5.91 Å². The summed E-state index contributed by atoms with van der Waals surface area (Å²) in [5, 5.41) is 13.3. The zero-order chi connectivity index (χ0) is 18.7.